The molecule has 0 spiro atoms. The van der Waals surface area contributed by atoms with E-state index in [-0.39, 0.29) is 36.0 Å². The first-order valence-electron chi connectivity index (χ1n) is 9.52. The Morgan fingerprint density at radius 2 is 1.17 bits per heavy atom. The van der Waals surface area contributed by atoms with Crippen molar-refractivity contribution in [3.8, 4) is 5.75 Å². The highest BCUT2D eigenvalue weighted by Crippen LogP contribution is 2.23. The Morgan fingerprint density at radius 3 is 1.55 bits per heavy atom. The quantitative estimate of drug-likeness (QED) is 0.663. The average molecular weight is 439 g/mol. The Morgan fingerprint density at radius 1 is 0.759 bits per heavy atom. The van der Waals surface area contributed by atoms with Crippen molar-refractivity contribution in [2.75, 3.05) is 33.3 Å². The molecule has 0 N–H and O–H groups in total. The molecule has 0 bridgehead atoms. The first-order valence-corrected chi connectivity index (χ1v) is 12.4. The third kappa shape index (κ3) is 4.63. The fourth-order valence-corrected chi connectivity index (χ4v) is 6.16. The summed E-state index contributed by atoms with van der Waals surface area (Å²) in [6.45, 7) is 2.54. The molecule has 1 saturated heterocycles. The largest absolute Gasteiger partial charge is 0.497 e. The monoisotopic (exact) mass is 438 g/mol. The summed E-state index contributed by atoms with van der Waals surface area (Å²) in [5.74, 6) is 0.574. The van der Waals surface area contributed by atoms with Gasteiger partial charge in [0.15, 0.2) is 0 Å². The Labute approximate surface area is 173 Å². The van der Waals surface area contributed by atoms with Crippen molar-refractivity contribution in [2.24, 2.45) is 0 Å². The minimum absolute atomic E-state index is 0.113. The number of sulfonamides is 2. The van der Waals surface area contributed by atoms with E-state index in [4.69, 9.17) is 4.74 Å². The summed E-state index contributed by atoms with van der Waals surface area (Å²) in [5, 5.41) is 0. The van der Waals surface area contributed by atoms with Crippen LogP contribution in [0.2, 0.25) is 0 Å². The zero-order chi connectivity index (χ0) is 21.1. The van der Waals surface area contributed by atoms with Gasteiger partial charge in [-0.2, -0.15) is 8.61 Å². The minimum atomic E-state index is -3.68. The molecule has 0 amide bonds. The second-order valence-electron chi connectivity index (χ2n) is 6.88. The summed E-state index contributed by atoms with van der Waals surface area (Å²) in [5.41, 5.74) is 1.10. The van der Waals surface area contributed by atoms with Crippen LogP contribution in [0.25, 0.3) is 0 Å². The van der Waals surface area contributed by atoms with Crippen LogP contribution in [-0.2, 0) is 26.5 Å². The van der Waals surface area contributed by atoms with E-state index in [0.717, 1.165) is 18.4 Å². The van der Waals surface area contributed by atoms with E-state index in [0.29, 0.717) is 5.75 Å². The van der Waals surface area contributed by atoms with Crippen molar-refractivity contribution < 1.29 is 21.6 Å². The number of hydrogen-bond acceptors (Lipinski definition) is 5. The first-order chi connectivity index (χ1) is 13.8. The van der Waals surface area contributed by atoms with Crippen LogP contribution in [0, 0.1) is 0 Å². The number of piperazine rings is 1. The molecule has 29 heavy (non-hydrogen) atoms. The Bertz CT molecular complexity index is 1030. The molecule has 1 fully saturated rings. The predicted molar refractivity (Wildman–Crippen MR) is 111 cm³/mol. The molecule has 1 aliphatic heterocycles. The van der Waals surface area contributed by atoms with Crippen LogP contribution in [0.1, 0.15) is 18.9 Å². The van der Waals surface area contributed by atoms with Gasteiger partial charge in [-0.3, -0.25) is 0 Å². The number of rotatable bonds is 7. The molecule has 1 aliphatic rings. The van der Waals surface area contributed by atoms with Crippen molar-refractivity contribution in [1.82, 2.24) is 8.61 Å². The lowest BCUT2D eigenvalue weighted by atomic mass is 10.1. The van der Waals surface area contributed by atoms with Crippen molar-refractivity contribution in [1.29, 1.82) is 0 Å². The summed E-state index contributed by atoms with van der Waals surface area (Å²) >= 11 is 0. The summed E-state index contributed by atoms with van der Waals surface area (Å²) in [7, 11) is -5.80. The molecule has 0 radical (unpaired) electrons. The third-order valence-electron chi connectivity index (χ3n) is 4.99. The van der Waals surface area contributed by atoms with Gasteiger partial charge >= 0.3 is 0 Å². The maximum atomic E-state index is 12.9. The molecule has 1 heterocycles. The van der Waals surface area contributed by atoms with Crippen molar-refractivity contribution in [3.05, 3.63) is 54.1 Å². The van der Waals surface area contributed by atoms with Gasteiger partial charge in [-0.15, -0.1) is 0 Å². The molecular formula is C20H26N2O5S2. The van der Waals surface area contributed by atoms with Gasteiger partial charge in [0.25, 0.3) is 0 Å². The standard InChI is InChI=1S/C20H26N2O5S2/c1-3-4-17-5-9-19(10-6-17)28(23,24)21-13-15-22(16-14-21)29(25,26)20-11-7-18(27-2)8-12-20/h5-12H,3-4,13-16H2,1-2H3. The Balaban J connectivity index is 1.70. The first kappa shape index (κ1) is 21.8. The molecule has 0 aliphatic carbocycles. The molecule has 0 aromatic heterocycles. The SMILES string of the molecule is CCCc1ccc(S(=O)(=O)N2CCN(S(=O)(=O)c3ccc(OC)cc3)CC2)cc1. The summed E-state index contributed by atoms with van der Waals surface area (Å²) in [6.07, 6.45) is 1.90. The fraction of sp³-hybridized carbons (Fsp3) is 0.400. The highest BCUT2D eigenvalue weighted by Gasteiger charge is 2.33. The van der Waals surface area contributed by atoms with Crippen LogP contribution in [0.3, 0.4) is 0 Å². The fourth-order valence-electron chi connectivity index (χ4n) is 3.31. The maximum Gasteiger partial charge on any atom is 0.243 e. The van der Waals surface area contributed by atoms with Crippen LogP contribution in [0.5, 0.6) is 5.75 Å². The average Bonchev–Trinajstić information content (AvgIpc) is 2.74. The number of aryl methyl sites for hydroxylation is 1. The molecule has 3 rings (SSSR count). The van der Waals surface area contributed by atoms with Crippen LogP contribution < -0.4 is 4.74 Å². The lowest BCUT2D eigenvalue weighted by Crippen LogP contribution is -2.50. The summed E-state index contributed by atoms with van der Waals surface area (Å²) in [6, 6.07) is 13.1. The van der Waals surface area contributed by atoms with Crippen molar-refractivity contribution in [3.63, 3.8) is 0 Å². The Kier molecular flexibility index (Phi) is 6.62. The second-order valence-corrected chi connectivity index (χ2v) is 10.8. The van der Waals surface area contributed by atoms with E-state index in [9.17, 15) is 16.8 Å². The number of nitrogens with zero attached hydrogens (tertiary/aromatic N) is 2. The van der Waals surface area contributed by atoms with Crippen LogP contribution >= 0.6 is 0 Å². The molecule has 2 aromatic rings. The van der Waals surface area contributed by atoms with Gasteiger partial charge in [-0.05, 0) is 48.4 Å². The topological polar surface area (TPSA) is 84.0 Å². The third-order valence-corrected chi connectivity index (χ3v) is 8.82. The van der Waals surface area contributed by atoms with Gasteiger partial charge in [0, 0.05) is 26.2 Å². The highest BCUT2D eigenvalue weighted by atomic mass is 32.2. The predicted octanol–water partition coefficient (Wildman–Crippen LogP) is 2.34. The van der Waals surface area contributed by atoms with Gasteiger partial charge in [0.2, 0.25) is 20.0 Å². The minimum Gasteiger partial charge on any atom is -0.497 e. The van der Waals surface area contributed by atoms with E-state index in [1.807, 2.05) is 12.1 Å². The van der Waals surface area contributed by atoms with E-state index < -0.39 is 20.0 Å². The van der Waals surface area contributed by atoms with Crippen LogP contribution in [-0.4, -0.2) is 58.7 Å². The molecule has 2 aromatic carbocycles. The van der Waals surface area contributed by atoms with Crippen molar-refractivity contribution in [2.45, 2.75) is 29.6 Å². The Hall–Kier alpha value is -1.94. The summed E-state index contributed by atoms with van der Waals surface area (Å²) < 4.78 is 59.2. The molecular weight excluding hydrogens is 412 g/mol. The molecule has 7 nitrogen and oxygen atoms in total. The van der Waals surface area contributed by atoms with Crippen LogP contribution in [0.4, 0.5) is 0 Å². The molecule has 0 unspecified atom stereocenters. The lowest BCUT2D eigenvalue weighted by Gasteiger charge is -2.33. The smallest absolute Gasteiger partial charge is 0.243 e. The van der Waals surface area contributed by atoms with Gasteiger partial charge < -0.3 is 4.74 Å². The summed E-state index contributed by atoms with van der Waals surface area (Å²) in [4.78, 5) is 0.407. The lowest BCUT2D eigenvalue weighted by molar-refractivity contribution is 0.273. The van der Waals surface area contributed by atoms with E-state index >= 15 is 0 Å². The molecule has 0 atom stereocenters. The van der Waals surface area contributed by atoms with Gasteiger partial charge in [-0.1, -0.05) is 25.5 Å². The van der Waals surface area contributed by atoms with E-state index in [1.165, 1.54) is 27.9 Å². The van der Waals surface area contributed by atoms with Gasteiger partial charge in [0.05, 0.1) is 16.9 Å². The molecule has 0 saturated carbocycles. The zero-order valence-electron chi connectivity index (χ0n) is 16.6. The van der Waals surface area contributed by atoms with Crippen molar-refractivity contribution >= 4 is 20.0 Å². The molecule has 9 heteroatoms. The van der Waals surface area contributed by atoms with Gasteiger partial charge in [0.1, 0.15) is 5.75 Å². The number of ether oxygens (including phenoxy) is 1. The normalized spacial score (nSPS) is 16.6. The zero-order valence-corrected chi connectivity index (χ0v) is 18.2. The van der Waals surface area contributed by atoms with E-state index in [2.05, 4.69) is 6.92 Å². The maximum absolute atomic E-state index is 12.9. The van der Waals surface area contributed by atoms with Crippen LogP contribution in [0.15, 0.2) is 58.3 Å². The molecule has 158 valence electrons. The second kappa shape index (κ2) is 8.83. The number of methoxy groups -OCH3 is 1. The number of hydrogen-bond donors (Lipinski definition) is 0. The van der Waals surface area contributed by atoms with Gasteiger partial charge in [-0.25, -0.2) is 16.8 Å². The highest BCUT2D eigenvalue weighted by molar-refractivity contribution is 7.89. The van der Waals surface area contributed by atoms with E-state index in [1.54, 1.807) is 24.3 Å². The number of benzene rings is 2.